The number of anilines is 1. The van der Waals surface area contributed by atoms with Crippen LogP contribution in [0.5, 0.6) is 0 Å². The van der Waals surface area contributed by atoms with Gasteiger partial charge in [0.05, 0.1) is 12.1 Å². The van der Waals surface area contributed by atoms with E-state index < -0.39 is 17.6 Å². The molecule has 3 aromatic rings. The van der Waals surface area contributed by atoms with Crippen molar-refractivity contribution in [2.75, 3.05) is 5.32 Å². The second-order valence-corrected chi connectivity index (χ2v) is 9.88. The molecule has 0 bridgehead atoms. The summed E-state index contributed by atoms with van der Waals surface area (Å²) in [6, 6.07) is 12.1. The first kappa shape index (κ1) is 27.2. The van der Waals surface area contributed by atoms with Gasteiger partial charge in [-0.3, -0.25) is 4.79 Å². The molecule has 0 aliphatic heterocycles. The molecule has 3 amide bonds. The number of thiazole rings is 1. The summed E-state index contributed by atoms with van der Waals surface area (Å²) in [7, 11) is 0. The van der Waals surface area contributed by atoms with Gasteiger partial charge in [0.15, 0.2) is 0 Å². The Morgan fingerprint density at radius 2 is 1.75 bits per heavy atom. The van der Waals surface area contributed by atoms with E-state index in [0.29, 0.717) is 22.2 Å². The second-order valence-electron chi connectivity index (χ2n) is 8.94. The fourth-order valence-electron chi connectivity index (χ4n) is 3.40. The molecule has 1 aromatic heterocycles. The predicted octanol–water partition coefficient (Wildman–Crippen LogP) is 6.66. The van der Waals surface area contributed by atoms with Crippen LogP contribution >= 0.6 is 11.3 Å². The number of halogens is 3. The highest BCUT2D eigenvalue weighted by Crippen LogP contribution is 2.29. The van der Waals surface area contributed by atoms with Gasteiger partial charge < -0.3 is 15.5 Å². The molecule has 6 nitrogen and oxygen atoms in total. The minimum Gasteiger partial charge on any atom is -0.347 e. The second kappa shape index (κ2) is 11.6. The zero-order valence-electron chi connectivity index (χ0n) is 20.5. The first-order chi connectivity index (χ1) is 16.9. The van der Waals surface area contributed by atoms with Crippen LogP contribution in [-0.2, 0) is 19.3 Å². The molecule has 0 aliphatic rings. The molecule has 0 aliphatic carbocycles. The van der Waals surface area contributed by atoms with Gasteiger partial charge in [-0.05, 0) is 55.2 Å². The Labute approximate surface area is 212 Å². The number of benzene rings is 2. The van der Waals surface area contributed by atoms with Gasteiger partial charge in [0.25, 0.3) is 5.91 Å². The molecule has 0 radical (unpaired) electrons. The molecule has 3 rings (SSSR count). The Morgan fingerprint density at radius 1 is 1.06 bits per heavy atom. The van der Waals surface area contributed by atoms with Crippen LogP contribution in [0, 0.1) is 0 Å². The minimum absolute atomic E-state index is 0.0638. The predicted molar refractivity (Wildman–Crippen MR) is 135 cm³/mol. The average Bonchev–Trinajstić information content (AvgIpc) is 3.29. The maximum absolute atomic E-state index is 12.9. The van der Waals surface area contributed by atoms with Crippen molar-refractivity contribution in [3.05, 3.63) is 81.3 Å². The van der Waals surface area contributed by atoms with Gasteiger partial charge in [-0.15, -0.1) is 11.3 Å². The summed E-state index contributed by atoms with van der Waals surface area (Å²) >= 11 is 1.24. The quantitative estimate of drug-likeness (QED) is 0.350. The van der Waals surface area contributed by atoms with Crippen LogP contribution in [0.4, 0.5) is 23.7 Å². The Balaban J connectivity index is 1.60. The lowest BCUT2D eigenvalue weighted by Gasteiger charge is -2.26. The van der Waals surface area contributed by atoms with Crippen molar-refractivity contribution in [2.45, 2.75) is 58.9 Å². The van der Waals surface area contributed by atoms with Crippen molar-refractivity contribution >= 4 is 29.0 Å². The van der Waals surface area contributed by atoms with Gasteiger partial charge in [0.1, 0.15) is 10.7 Å². The zero-order valence-corrected chi connectivity index (χ0v) is 21.3. The number of nitrogens with one attached hydrogen (secondary N) is 2. The first-order valence-electron chi connectivity index (χ1n) is 11.5. The van der Waals surface area contributed by atoms with E-state index in [1.54, 1.807) is 10.3 Å². The van der Waals surface area contributed by atoms with Crippen molar-refractivity contribution in [1.29, 1.82) is 0 Å². The number of aromatic nitrogens is 1. The van der Waals surface area contributed by atoms with Crippen molar-refractivity contribution in [3.8, 4) is 0 Å². The smallest absolute Gasteiger partial charge is 0.347 e. The molecular weight excluding hydrogens is 489 g/mol. The fraction of sp³-hybridized carbons (Fsp3) is 0.346. The van der Waals surface area contributed by atoms with E-state index in [4.69, 9.17) is 0 Å². The Morgan fingerprint density at radius 3 is 2.36 bits per heavy atom. The van der Waals surface area contributed by atoms with E-state index in [2.05, 4.69) is 29.5 Å². The van der Waals surface area contributed by atoms with Crippen LogP contribution in [0.25, 0.3) is 0 Å². The molecule has 0 saturated carbocycles. The van der Waals surface area contributed by atoms with Crippen LogP contribution < -0.4 is 10.6 Å². The van der Waals surface area contributed by atoms with Crippen LogP contribution in [0.15, 0.2) is 53.9 Å². The highest BCUT2D eigenvalue weighted by molar-refractivity contribution is 7.09. The topological polar surface area (TPSA) is 74.3 Å². The Bertz CT molecular complexity index is 1190. The van der Waals surface area contributed by atoms with E-state index in [9.17, 15) is 22.8 Å². The Hall–Kier alpha value is -3.40. The number of alkyl halides is 3. The van der Waals surface area contributed by atoms with E-state index >= 15 is 0 Å². The van der Waals surface area contributed by atoms with E-state index in [1.165, 1.54) is 29.0 Å². The number of hydrogen-bond donors (Lipinski definition) is 2. The molecule has 2 aromatic carbocycles. The molecule has 0 atom stereocenters. The summed E-state index contributed by atoms with van der Waals surface area (Å²) in [4.78, 5) is 31.3. The van der Waals surface area contributed by atoms with Crippen LogP contribution in [0.2, 0.25) is 0 Å². The lowest BCUT2D eigenvalue weighted by Crippen LogP contribution is -2.39. The van der Waals surface area contributed by atoms with Crippen LogP contribution in [-0.4, -0.2) is 27.9 Å². The standard InChI is InChI=1S/C26H29F3N4O2S/c1-16(2)19-8-10-21(11-9-19)31-25(35)33(17(3)4)14-23-32-22(15-36-23)24(34)30-13-18-6-5-7-20(12-18)26(27,28)29/h5-12,15-17H,13-14H2,1-4H3,(H,30,34)(H,31,35). The lowest BCUT2D eigenvalue weighted by molar-refractivity contribution is -0.137. The van der Waals surface area contributed by atoms with Crippen molar-refractivity contribution in [1.82, 2.24) is 15.2 Å². The maximum atomic E-state index is 12.9. The third-order valence-electron chi connectivity index (χ3n) is 5.51. The fourth-order valence-corrected chi connectivity index (χ4v) is 4.17. The molecule has 0 saturated heterocycles. The Kier molecular flexibility index (Phi) is 8.73. The number of nitrogens with zero attached hydrogens (tertiary/aromatic N) is 2. The first-order valence-corrected chi connectivity index (χ1v) is 12.4. The van der Waals surface area contributed by atoms with Crippen molar-refractivity contribution < 1.29 is 22.8 Å². The van der Waals surface area contributed by atoms with Gasteiger partial charge in [0, 0.05) is 23.7 Å². The summed E-state index contributed by atoms with van der Waals surface area (Å²) in [6.07, 6.45) is -4.45. The number of rotatable bonds is 8. The van der Waals surface area contributed by atoms with Crippen molar-refractivity contribution in [2.24, 2.45) is 0 Å². The summed E-state index contributed by atoms with van der Waals surface area (Å²) < 4.78 is 38.7. The number of carbonyl (C=O) groups excluding carboxylic acids is 2. The van der Waals surface area contributed by atoms with Gasteiger partial charge in [-0.25, -0.2) is 9.78 Å². The molecular formula is C26H29F3N4O2S. The summed E-state index contributed by atoms with van der Waals surface area (Å²) in [5.74, 6) is -0.107. The number of hydrogen-bond acceptors (Lipinski definition) is 4. The monoisotopic (exact) mass is 518 g/mol. The summed E-state index contributed by atoms with van der Waals surface area (Å²) in [6.45, 7) is 8.12. The number of amides is 3. The molecule has 192 valence electrons. The van der Waals surface area contributed by atoms with Crippen molar-refractivity contribution in [3.63, 3.8) is 0 Å². The molecule has 0 unspecified atom stereocenters. The van der Waals surface area contributed by atoms with Crippen LogP contribution in [0.1, 0.15) is 65.8 Å². The molecule has 10 heteroatoms. The van der Waals surface area contributed by atoms with E-state index in [1.807, 2.05) is 38.1 Å². The maximum Gasteiger partial charge on any atom is 0.416 e. The normalized spacial score (nSPS) is 11.6. The van der Waals surface area contributed by atoms with Gasteiger partial charge in [-0.1, -0.05) is 38.1 Å². The molecule has 0 spiro atoms. The average molecular weight is 519 g/mol. The SMILES string of the molecule is CC(C)c1ccc(NC(=O)N(Cc2nc(C(=O)NCc3cccc(C(F)(F)F)c3)cs2)C(C)C)cc1. The third kappa shape index (κ3) is 7.30. The highest BCUT2D eigenvalue weighted by Gasteiger charge is 2.30. The van der Waals surface area contributed by atoms with Gasteiger partial charge in [0.2, 0.25) is 0 Å². The van der Waals surface area contributed by atoms with Gasteiger partial charge >= 0.3 is 12.2 Å². The summed E-state index contributed by atoms with van der Waals surface area (Å²) in [5, 5.41) is 7.63. The van der Waals surface area contributed by atoms with E-state index in [0.717, 1.165) is 12.1 Å². The zero-order chi connectivity index (χ0) is 26.5. The molecule has 36 heavy (non-hydrogen) atoms. The molecule has 0 fully saturated rings. The van der Waals surface area contributed by atoms with Gasteiger partial charge in [-0.2, -0.15) is 13.2 Å². The molecule has 1 heterocycles. The number of carbonyl (C=O) groups is 2. The van der Waals surface area contributed by atoms with E-state index in [-0.39, 0.29) is 30.9 Å². The summed E-state index contributed by atoms with van der Waals surface area (Å²) in [5.41, 5.74) is 1.57. The van der Waals surface area contributed by atoms with Crippen LogP contribution in [0.3, 0.4) is 0 Å². The minimum atomic E-state index is -4.45. The molecule has 2 N–H and O–H groups in total. The highest BCUT2D eigenvalue weighted by atomic mass is 32.1. The lowest BCUT2D eigenvalue weighted by atomic mass is 10.0. The third-order valence-corrected chi connectivity index (χ3v) is 6.34. The largest absolute Gasteiger partial charge is 0.416 e. The number of urea groups is 1.